The number of halogens is 2. The van der Waals surface area contributed by atoms with Crippen molar-refractivity contribution in [3.8, 4) is 0 Å². The van der Waals surface area contributed by atoms with Gasteiger partial charge in [0.25, 0.3) is 0 Å². The Morgan fingerprint density at radius 1 is 1.24 bits per heavy atom. The van der Waals surface area contributed by atoms with Crippen LogP contribution in [0.15, 0.2) is 53.6 Å². The lowest BCUT2D eigenvalue weighted by Gasteiger charge is -2.36. The second-order valence-electron chi connectivity index (χ2n) is 6.62. The second kappa shape index (κ2) is 9.47. The average molecular weight is 419 g/mol. The Kier molecular flexibility index (Phi) is 7.00. The molecular weight excluding hydrogens is 396 g/mol. The first-order valence-corrected chi connectivity index (χ1v) is 10.1. The molecule has 8 heteroatoms. The van der Waals surface area contributed by atoms with Crippen LogP contribution in [0.2, 0.25) is 0 Å². The fourth-order valence-corrected chi connectivity index (χ4v) is 4.68. The third-order valence-corrected chi connectivity index (χ3v) is 6.10. The zero-order valence-corrected chi connectivity index (χ0v) is 16.9. The zero-order valence-electron chi connectivity index (χ0n) is 16.1. The van der Waals surface area contributed by atoms with E-state index in [2.05, 4.69) is 5.10 Å². The molecule has 0 fully saturated rings. The normalized spacial score (nSPS) is 18.8. The number of rotatable bonds is 8. The molecule has 1 heterocycles. The van der Waals surface area contributed by atoms with Gasteiger partial charge >= 0.3 is 0 Å². The first kappa shape index (κ1) is 21.4. The largest absolute Gasteiger partial charge is 0.384 e. The number of nitrogens with zero attached hydrogens (tertiary/aromatic N) is 2. The van der Waals surface area contributed by atoms with E-state index in [1.54, 1.807) is 0 Å². The van der Waals surface area contributed by atoms with E-state index in [0.717, 1.165) is 23.8 Å². The number of hydrazone groups is 1. The molecule has 2 N–H and O–H groups in total. The van der Waals surface area contributed by atoms with Crippen LogP contribution < -0.4 is 5.73 Å². The number of hydrogen-bond acceptors (Lipinski definition) is 5. The molecule has 2 aromatic carbocycles. The molecule has 0 radical (unpaired) electrons. The summed E-state index contributed by atoms with van der Waals surface area (Å²) in [5.74, 6) is -1.42. The highest BCUT2D eigenvalue weighted by molar-refractivity contribution is 8.15. The number of hydrogen-bond donors (Lipinski definition) is 1. The summed E-state index contributed by atoms with van der Waals surface area (Å²) in [6, 6.07) is 12.7. The van der Waals surface area contributed by atoms with Crippen LogP contribution in [0, 0.1) is 11.6 Å². The minimum absolute atomic E-state index is 0.0325. The van der Waals surface area contributed by atoms with Crippen molar-refractivity contribution in [3.63, 3.8) is 0 Å². The zero-order chi connectivity index (χ0) is 20.9. The summed E-state index contributed by atoms with van der Waals surface area (Å²) < 4.78 is 33.3. The van der Waals surface area contributed by atoms with Crippen LogP contribution in [0.5, 0.6) is 0 Å². The van der Waals surface area contributed by atoms with Gasteiger partial charge in [0.05, 0.1) is 13.0 Å². The molecule has 0 saturated carbocycles. The van der Waals surface area contributed by atoms with Gasteiger partial charge in [0.2, 0.25) is 5.91 Å². The molecule has 29 heavy (non-hydrogen) atoms. The molecule has 1 aliphatic heterocycles. The van der Waals surface area contributed by atoms with Crippen molar-refractivity contribution in [2.75, 3.05) is 20.3 Å². The van der Waals surface area contributed by atoms with E-state index in [4.69, 9.17) is 10.5 Å². The first-order chi connectivity index (χ1) is 14.0. The number of nitrogens with two attached hydrogens (primary N) is 1. The van der Waals surface area contributed by atoms with E-state index >= 15 is 0 Å². The Bertz CT molecular complexity index is 895. The van der Waals surface area contributed by atoms with Crippen molar-refractivity contribution in [3.05, 3.63) is 71.3 Å². The summed E-state index contributed by atoms with van der Waals surface area (Å²) >= 11 is 1.25. The molecule has 3 rings (SSSR count). The minimum Gasteiger partial charge on any atom is -0.384 e. The van der Waals surface area contributed by atoms with Crippen molar-refractivity contribution in [1.29, 1.82) is 0 Å². The SMILES string of the molecule is COCCC(=O)N1N=C(c2cc(F)ccc2F)SC1(CCCN)c1ccccc1. The molecule has 2 aromatic rings. The number of carbonyl (C=O) groups excluding carboxylic acids is 1. The summed E-state index contributed by atoms with van der Waals surface area (Å²) in [4.78, 5) is 12.1. The van der Waals surface area contributed by atoms with Gasteiger partial charge in [0.15, 0.2) is 0 Å². The van der Waals surface area contributed by atoms with Crippen molar-refractivity contribution in [2.45, 2.75) is 24.1 Å². The van der Waals surface area contributed by atoms with E-state index < -0.39 is 16.5 Å². The van der Waals surface area contributed by atoms with E-state index in [1.807, 2.05) is 30.3 Å². The molecule has 0 spiro atoms. The van der Waals surface area contributed by atoms with Crippen molar-refractivity contribution in [2.24, 2.45) is 10.8 Å². The van der Waals surface area contributed by atoms with Gasteiger partial charge in [-0.1, -0.05) is 42.1 Å². The van der Waals surface area contributed by atoms with Gasteiger partial charge in [-0.25, -0.2) is 13.8 Å². The molecule has 5 nitrogen and oxygen atoms in total. The lowest BCUT2D eigenvalue weighted by atomic mass is 10.00. The predicted octanol–water partition coefficient (Wildman–Crippen LogP) is 3.83. The summed E-state index contributed by atoms with van der Waals surface area (Å²) in [6.07, 6.45) is 1.27. The molecule has 0 bridgehead atoms. The lowest BCUT2D eigenvalue weighted by Crippen LogP contribution is -2.42. The Labute approximate surface area is 172 Å². The van der Waals surface area contributed by atoms with Crippen LogP contribution in [0.3, 0.4) is 0 Å². The molecular formula is C21H23F2N3O2S. The van der Waals surface area contributed by atoms with Crippen molar-refractivity contribution < 1.29 is 18.3 Å². The highest BCUT2D eigenvalue weighted by Crippen LogP contribution is 2.50. The standard InChI is InChI=1S/C21H23F2N3O2S/c1-28-13-10-19(27)26-21(11-5-12-24,15-6-3-2-4-7-15)29-20(25-26)17-14-16(22)8-9-18(17)23/h2-4,6-9,14H,5,10-13,24H2,1H3. The maximum Gasteiger partial charge on any atom is 0.246 e. The second-order valence-corrected chi connectivity index (χ2v) is 7.89. The monoisotopic (exact) mass is 419 g/mol. The van der Waals surface area contributed by atoms with Crippen LogP contribution >= 0.6 is 11.8 Å². The smallest absolute Gasteiger partial charge is 0.246 e. The van der Waals surface area contributed by atoms with Crippen molar-refractivity contribution in [1.82, 2.24) is 5.01 Å². The first-order valence-electron chi connectivity index (χ1n) is 9.32. The Hall–Kier alpha value is -2.29. The Morgan fingerprint density at radius 3 is 2.69 bits per heavy atom. The third-order valence-electron chi connectivity index (χ3n) is 4.66. The molecule has 154 valence electrons. The number of amides is 1. The summed E-state index contributed by atoms with van der Waals surface area (Å²) in [6.45, 7) is 0.667. The number of methoxy groups -OCH3 is 1. The van der Waals surface area contributed by atoms with Gasteiger partial charge in [0.1, 0.15) is 21.5 Å². The number of carbonyl (C=O) groups is 1. The van der Waals surface area contributed by atoms with Crippen LogP contribution in [0.25, 0.3) is 0 Å². The highest BCUT2D eigenvalue weighted by Gasteiger charge is 2.48. The Morgan fingerprint density at radius 2 is 2.00 bits per heavy atom. The molecule has 0 aliphatic carbocycles. The van der Waals surface area contributed by atoms with Crippen LogP contribution in [-0.2, 0) is 14.4 Å². The van der Waals surface area contributed by atoms with Crippen molar-refractivity contribution >= 4 is 22.7 Å². The summed E-state index contributed by atoms with van der Waals surface area (Å²) in [5, 5.41) is 6.10. The number of benzene rings is 2. The maximum atomic E-state index is 14.5. The van der Waals surface area contributed by atoms with Gasteiger partial charge in [0, 0.05) is 12.7 Å². The molecule has 1 atom stereocenters. The van der Waals surface area contributed by atoms with Crippen LogP contribution in [0.4, 0.5) is 8.78 Å². The van der Waals surface area contributed by atoms with Crippen LogP contribution in [0.1, 0.15) is 30.4 Å². The van der Waals surface area contributed by atoms with Gasteiger partial charge in [-0.15, -0.1) is 0 Å². The van der Waals surface area contributed by atoms with E-state index in [-0.39, 0.29) is 29.5 Å². The molecule has 1 aliphatic rings. The fourth-order valence-electron chi connectivity index (χ4n) is 3.24. The average Bonchev–Trinajstić information content (AvgIpc) is 3.13. The lowest BCUT2D eigenvalue weighted by molar-refractivity contribution is -0.135. The molecule has 0 aromatic heterocycles. The number of ether oxygens (including phenoxy) is 1. The van der Waals surface area contributed by atoms with Gasteiger partial charge in [-0.2, -0.15) is 5.10 Å². The molecule has 1 amide bonds. The topological polar surface area (TPSA) is 67.9 Å². The highest BCUT2D eigenvalue weighted by atomic mass is 32.2. The minimum atomic E-state index is -0.889. The number of thioether (sulfide) groups is 1. The van der Waals surface area contributed by atoms with E-state index in [1.165, 1.54) is 23.9 Å². The van der Waals surface area contributed by atoms with Crippen LogP contribution in [-0.4, -0.2) is 36.2 Å². The van der Waals surface area contributed by atoms with E-state index in [9.17, 15) is 13.6 Å². The molecule has 0 saturated heterocycles. The summed E-state index contributed by atoms with van der Waals surface area (Å²) in [5.41, 5.74) is 6.63. The predicted molar refractivity (Wildman–Crippen MR) is 110 cm³/mol. The van der Waals surface area contributed by atoms with Gasteiger partial charge in [-0.05, 0) is 43.1 Å². The Balaban J connectivity index is 2.10. The van der Waals surface area contributed by atoms with Gasteiger partial charge < -0.3 is 10.5 Å². The maximum absolute atomic E-state index is 14.5. The quantitative estimate of drug-likeness (QED) is 0.706. The molecule has 1 unspecified atom stereocenters. The fraction of sp³-hybridized carbons (Fsp3) is 0.333. The third kappa shape index (κ3) is 4.49. The van der Waals surface area contributed by atoms with Gasteiger partial charge in [-0.3, -0.25) is 4.79 Å². The summed E-state index contributed by atoms with van der Waals surface area (Å²) in [7, 11) is 1.52. The van der Waals surface area contributed by atoms with E-state index in [0.29, 0.717) is 19.4 Å².